The molecular formula is C14H12BrClN2O. The Hall–Kier alpha value is -1.52. The van der Waals surface area contributed by atoms with Crippen LogP contribution in [0.1, 0.15) is 15.9 Å². The first-order valence-corrected chi connectivity index (χ1v) is 6.77. The van der Waals surface area contributed by atoms with Gasteiger partial charge in [0.1, 0.15) is 0 Å². The van der Waals surface area contributed by atoms with Gasteiger partial charge in [-0.1, -0.05) is 17.7 Å². The van der Waals surface area contributed by atoms with Crippen LogP contribution in [0.4, 0.5) is 11.4 Å². The molecule has 5 heteroatoms. The molecule has 0 aromatic heterocycles. The Morgan fingerprint density at radius 3 is 2.63 bits per heavy atom. The Morgan fingerprint density at radius 1 is 1.26 bits per heavy atom. The molecule has 0 radical (unpaired) electrons. The van der Waals surface area contributed by atoms with Crippen LogP contribution >= 0.6 is 27.5 Å². The van der Waals surface area contributed by atoms with Crippen LogP contribution in [0.25, 0.3) is 0 Å². The van der Waals surface area contributed by atoms with Crippen molar-refractivity contribution < 1.29 is 4.79 Å². The normalized spacial score (nSPS) is 10.3. The zero-order valence-corrected chi connectivity index (χ0v) is 12.5. The Morgan fingerprint density at radius 2 is 2.00 bits per heavy atom. The fourth-order valence-electron chi connectivity index (χ4n) is 1.63. The van der Waals surface area contributed by atoms with Crippen molar-refractivity contribution in [3.8, 4) is 0 Å². The van der Waals surface area contributed by atoms with Crippen molar-refractivity contribution in [2.45, 2.75) is 6.92 Å². The van der Waals surface area contributed by atoms with Crippen molar-refractivity contribution >= 4 is 44.8 Å². The molecule has 0 atom stereocenters. The van der Waals surface area contributed by atoms with Crippen molar-refractivity contribution in [3.05, 3.63) is 57.0 Å². The first kappa shape index (κ1) is 13.9. The third-order valence-corrected chi connectivity index (χ3v) is 3.85. The second-order valence-electron chi connectivity index (χ2n) is 4.17. The van der Waals surface area contributed by atoms with Gasteiger partial charge in [-0.2, -0.15) is 0 Å². The molecule has 0 aliphatic heterocycles. The van der Waals surface area contributed by atoms with E-state index < -0.39 is 0 Å². The van der Waals surface area contributed by atoms with Gasteiger partial charge in [-0.25, -0.2) is 0 Å². The predicted molar refractivity (Wildman–Crippen MR) is 82.7 cm³/mol. The van der Waals surface area contributed by atoms with Gasteiger partial charge in [-0.3, -0.25) is 4.79 Å². The van der Waals surface area contributed by atoms with E-state index in [9.17, 15) is 4.79 Å². The van der Waals surface area contributed by atoms with Crippen molar-refractivity contribution in [3.63, 3.8) is 0 Å². The highest BCUT2D eigenvalue weighted by atomic mass is 79.9. The number of hydrogen-bond donors (Lipinski definition) is 2. The Labute approximate surface area is 124 Å². The quantitative estimate of drug-likeness (QED) is 0.804. The van der Waals surface area contributed by atoms with Gasteiger partial charge in [-0.15, -0.1) is 0 Å². The summed E-state index contributed by atoms with van der Waals surface area (Å²) < 4.78 is 0.679. The zero-order valence-electron chi connectivity index (χ0n) is 10.2. The number of anilines is 2. The number of hydrogen-bond acceptors (Lipinski definition) is 2. The van der Waals surface area contributed by atoms with Crippen LogP contribution in [0.15, 0.2) is 40.9 Å². The maximum Gasteiger partial charge on any atom is 0.255 e. The van der Waals surface area contributed by atoms with Gasteiger partial charge in [0.15, 0.2) is 0 Å². The zero-order chi connectivity index (χ0) is 14.0. The number of carbonyl (C=O) groups is 1. The Bertz CT molecular complexity index is 643. The SMILES string of the molecule is Cc1ccc(NC(=O)c2ccc(Cl)c(Br)c2)c(N)c1. The van der Waals surface area contributed by atoms with Gasteiger partial charge in [0.25, 0.3) is 5.91 Å². The number of amides is 1. The first-order valence-electron chi connectivity index (χ1n) is 5.60. The maximum absolute atomic E-state index is 12.1. The number of rotatable bonds is 2. The molecule has 3 N–H and O–H groups in total. The minimum Gasteiger partial charge on any atom is -0.397 e. The largest absolute Gasteiger partial charge is 0.397 e. The summed E-state index contributed by atoms with van der Waals surface area (Å²) in [6, 6.07) is 10.5. The smallest absolute Gasteiger partial charge is 0.255 e. The topological polar surface area (TPSA) is 55.1 Å². The van der Waals surface area contributed by atoms with Crippen LogP contribution in [0.2, 0.25) is 5.02 Å². The minimum atomic E-state index is -0.229. The lowest BCUT2D eigenvalue weighted by molar-refractivity contribution is 0.102. The highest BCUT2D eigenvalue weighted by Crippen LogP contribution is 2.25. The van der Waals surface area contributed by atoms with Crippen molar-refractivity contribution in [2.75, 3.05) is 11.1 Å². The van der Waals surface area contributed by atoms with E-state index in [1.54, 1.807) is 24.3 Å². The van der Waals surface area contributed by atoms with Gasteiger partial charge < -0.3 is 11.1 Å². The van der Waals surface area contributed by atoms with Gasteiger partial charge in [0.2, 0.25) is 0 Å². The highest BCUT2D eigenvalue weighted by Gasteiger charge is 2.09. The van der Waals surface area contributed by atoms with E-state index in [1.807, 2.05) is 19.1 Å². The third kappa shape index (κ3) is 3.28. The van der Waals surface area contributed by atoms with Gasteiger partial charge in [0.05, 0.1) is 16.4 Å². The molecule has 0 aliphatic rings. The fraction of sp³-hybridized carbons (Fsp3) is 0.0714. The third-order valence-electron chi connectivity index (χ3n) is 2.64. The Kier molecular flexibility index (Phi) is 4.12. The molecule has 2 aromatic rings. The van der Waals surface area contributed by atoms with Crippen LogP contribution in [0.5, 0.6) is 0 Å². The van der Waals surface area contributed by atoms with E-state index in [0.29, 0.717) is 26.4 Å². The number of halogens is 2. The molecule has 0 aliphatic carbocycles. The standard InChI is InChI=1S/C14H12BrClN2O/c1-8-2-5-13(12(17)6-8)18-14(19)9-3-4-11(16)10(15)7-9/h2-7H,17H2,1H3,(H,18,19). The average molecular weight is 340 g/mol. The molecule has 0 saturated carbocycles. The summed E-state index contributed by atoms with van der Waals surface area (Å²) in [7, 11) is 0. The van der Waals surface area contributed by atoms with Crippen LogP contribution < -0.4 is 11.1 Å². The monoisotopic (exact) mass is 338 g/mol. The van der Waals surface area contributed by atoms with E-state index in [1.165, 1.54) is 0 Å². The molecule has 0 bridgehead atoms. The summed E-state index contributed by atoms with van der Waals surface area (Å²) in [4.78, 5) is 12.1. The molecule has 2 rings (SSSR count). The lowest BCUT2D eigenvalue weighted by atomic mass is 10.1. The van der Waals surface area contributed by atoms with Crippen LogP contribution in [0, 0.1) is 6.92 Å². The van der Waals surface area contributed by atoms with Gasteiger partial charge >= 0.3 is 0 Å². The summed E-state index contributed by atoms with van der Waals surface area (Å²) >= 11 is 9.18. The lowest BCUT2D eigenvalue weighted by Crippen LogP contribution is -2.13. The summed E-state index contributed by atoms with van der Waals surface area (Å²) in [6.45, 7) is 1.94. The van der Waals surface area contributed by atoms with Crippen LogP contribution in [-0.2, 0) is 0 Å². The molecule has 98 valence electrons. The predicted octanol–water partition coefficient (Wildman–Crippen LogP) is 4.25. The molecule has 0 heterocycles. The number of carbonyl (C=O) groups excluding carboxylic acids is 1. The fourth-order valence-corrected chi connectivity index (χ4v) is 2.12. The van der Waals surface area contributed by atoms with E-state index >= 15 is 0 Å². The van der Waals surface area contributed by atoms with E-state index in [2.05, 4.69) is 21.2 Å². The average Bonchev–Trinajstić information content (AvgIpc) is 2.36. The second kappa shape index (κ2) is 5.63. The number of benzene rings is 2. The molecule has 0 unspecified atom stereocenters. The first-order chi connectivity index (χ1) is 8.97. The molecule has 0 saturated heterocycles. The van der Waals surface area contributed by atoms with Crippen LogP contribution in [-0.4, -0.2) is 5.91 Å². The molecule has 3 nitrogen and oxygen atoms in total. The van der Waals surface area contributed by atoms with E-state index in [-0.39, 0.29) is 5.91 Å². The number of nitrogens with one attached hydrogen (secondary N) is 1. The van der Waals surface area contributed by atoms with E-state index in [4.69, 9.17) is 17.3 Å². The van der Waals surface area contributed by atoms with Gasteiger partial charge in [0, 0.05) is 10.0 Å². The lowest BCUT2D eigenvalue weighted by Gasteiger charge is -2.09. The molecule has 2 aromatic carbocycles. The van der Waals surface area contributed by atoms with Crippen molar-refractivity contribution in [1.82, 2.24) is 0 Å². The second-order valence-corrected chi connectivity index (χ2v) is 5.44. The molecule has 19 heavy (non-hydrogen) atoms. The van der Waals surface area contributed by atoms with Gasteiger partial charge in [-0.05, 0) is 58.7 Å². The molecular weight excluding hydrogens is 328 g/mol. The summed E-state index contributed by atoms with van der Waals surface area (Å²) in [6.07, 6.45) is 0. The van der Waals surface area contributed by atoms with E-state index in [0.717, 1.165) is 5.56 Å². The summed E-state index contributed by atoms with van der Waals surface area (Å²) in [5, 5.41) is 3.33. The minimum absolute atomic E-state index is 0.229. The molecule has 1 amide bonds. The van der Waals surface area contributed by atoms with Crippen molar-refractivity contribution in [1.29, 1.82) is 0 Å². The number of nitrogen functional groups attached to an aromatic ring is 1. The molecule has 0 fully saturated rings. The van der Waals surface area contributed by atoms with Crippen molar-refractivity contribution in [2.24, 2.45) is 0 Å². The van der Waals surface area contributed by atoms with Crippen LogP contribution in [0.3, 0.4) is 0 Å². The molecule has 0 spiro atoms. The maximum atomic E-state index is 12.1. The summed E-state index contributed by atoms with van der Waals surface area (Å²) in [5.41, 5.74) is 8.55. The number of nitrogens with two attached hydrogens (primary N) is 1. The summed E-state index contributed by atoms with van der Waals surface area (Å²) in [5.74, 6) is -0.229. The Balaban J connectivity index is 2.23. The highest BCUT2D eigenvalue weighted by molar-refractivity contribution is 9.10. The number of aryl methyl sites for hydroxylation is 1.